The average Bonchev–Trinajstić information content (AvgIpc) is 3.38. The van der Waals surface area contributed by atoms with E-state index in [1.165, 1.54) is 12.1 Å². The summed E-state index contributed by atoms with van der Waals surface area (Å²) in [5.41, 5.74) is -0.947. The predicted octanol–water partition coefficient (Wildman–Crippen LogP) is 4.23. The molecule has 2 aliphatic rings. The van der Waals surface area contributed by atoms with Gasteiger partial charge in [0.15, 0.2) is 0 Å². The quantitative estimate of drug-likeness (QED) is 0.225. The number of hydrogen-bond acceptors (Lipinski definition) is 8. The van der Waals surface area contributed by atoms with E-state index < -0.39 is 50.0 Å². The number of ether oxygens (including phenoxy) is 2. The van der Waals surface area contributed by atoms with Gasteiger partial charge in [0.25, 0.3) is 10.0 Å². The number of aromatic carboxylic acids is 2. The van der Waals surface area contributed by atoms with Crippen molar-refractivity contribution in [1.82, 2.24) is 0 Å². The first-order valence-electron chi connectivity index (χ1n) is 12.2. The Balaban J connectivity index is 1.71. The molecule has 4 rings (SSSR count). The summed E-state index contributed by atoms with van der Waals surface area (Å²) in [5.74, 6) is -4.44. The Kier molecular flexibility index (Phi) is 8.50. The molecule has 1 aliphatic heterocycles. The standard InChI is InChI=1S/C25H29BrN2O9S/c26-20-8-3-1-2-4-9-21(25(20)36-12-13-37-25)27-17-6-5-7-19(22(17)24(32)33)38(34,35)28-16-11-10-15(23(30)31)14-18(16)29/h5-7,10-11,14,20-21,27-29H,1-4,8-9,12-13H2,(H,30,31)(H,32,33). The first-order valence-corrected chi connectivity index (χ1v) is 14.6. The molecule has 0 aromatic heterocycles. The van der Waals surface area contributed by atoms with E-state index in [1.54, 1.807) is 0 Å². The molecule has 2 atom stereocenters. The second-order valence-corrected chi connectivity index (χ2v) is 12.0. The maximum absolute atomic E-state index is 13.3. The molecular weight excluding hydrogens is 584 g/mol. The van der Waals surface area contributed by atoms with Crippen molar-refractivity contribution in [3.8, 4) is 5.75 Å². The highest BCUT2D eigenvalue weighted by atomic mass is 79.9. The maximum atomic E-state index is 13.3. The Bertz CT molecular complexity index is 1310. The van der Waals surface area contributed by atoms with Crippen LogP contribution in [0.3, 0.4) is 0 Å². The number of carbonyl (C=O) groups is 2. The molecule has 13 heteroatoms. The molecule has 1 spiro atoms. The molecule has 1 saturated carbocycles. The van der Waals surface area contributed by atoms with E-state index in [9.17, 15) is 28.2 Å². The zero-order chi connectivity index (χ0) is 27.5. The van der Waals surface area contributed by atoms with E-state index in [0.717, 1.165) is 56.4 Å². The monoisotopic (exact) mass is 612 g/mol. The van der Waals surface area contributed by atoms with Gasteiger partial charge in [0, 0.05) is 0 Å². The van der Waals surface area contributed by atoms with Gasteiger partial charge in [-0.2, -0.15) is 0 Å². The second-order valence-electron chi connectivity index (χ2n) is 9.20. The van der Waals surface area contributed by atoms with Crippen molar-refractivity contribution in [2.45, 2.75) is 60.1 Å². The van der Waals surface area contributed by atoms with Crippen molar-refractivity contribution in [1.29, 1.82) is 0 Å². The Labute approximate surface area is 228 Å². The second kappa shape index (κ2) is 11.5. The summed E-state index contributed by atoms with van der Waals surface area (Å²) >= 11 is 3.72. The molecule has 11 nitrogen and oxygen atoms in total. The van der Waals surface area contributed by atoms with E-state index in [2.05, 4.69) is 26.0 Å². The molecule has 2 unspecified atom stereocenters. The molecule has 0 radical (unpaired) electrons. The van der Waals surface area contributed by atoms with Crippen LogP contribution >= 0.6 is 15.9 Å². The minimum absolute atomic E-state index is 0.0771. The number of sulfonamides is 1. The molecular formula is C25H29BrN2O9S. The number of phenols is 1. The number of halogens is 1. The number of hydrogen-bond donors (Lipinski definition) is 5. The number of carboxylic acids is 2. The van der Waals surface area contributed by atoms with Gasteiger partial charge in [-0.1, -0.05) is 47.7 Å². The van der Waals surface area contributed by atoms with Gasteiger partial charge in [-0.25, -0.2) is 18.0 Å². The van der Waals surface area contributed by atoms with E-state index in [0.29, 0.717) is 19.6 Å². The van der Waals surface area contributed by atoms with Crippen LogP contribution in [0.5, 0.6) is 5.75 Å². The number of anilines is 2. The summed E-state index contributed by atoms with van der Waals surface area (Å²) in [6.45, 7) is 0.767. The number of aromatic hydroxyl groups is 1. The van der Waals surface area contributed by atoms with E-state index in [-0.39, 0.29) is 21.8 Å². The number of rotatable bonds is 7. The highest BCUT2D eigenvalue weighted by Crippen LogP contribution is 2.40. The molecule has 5 N–H and O–H groups in total. The molecule has 38 heavy (non-hydrogen) atoms. The summed E-state index contributed by atoms with van der Waals surface area (Å²) < 4.78 is 41.0. The van der Waals surface area contributed by atoms with Gasteiger partial charge in [-0.3, -0.25) is 4.72 Å². The molecule has 2 fully saturated rings. The van der Waals surface area contributed by atoms with Crippen LogP contribution in [-0.2, 0) is 19.5 Å². The minimum atomic E-state index is -4.52. The smallest absolute Gasteiger partial charge is 0.339 e. The van der Waals surface area contributed by atoms with Crippen LogP contribution in [0.15, 0.2) is 41.3 Å². The summed E-state index contributed by atoms with van der Waals surface area (Å²) in [5, 5.41) is 32.6. The third kappa shape index (κ3) is 5.75. The van der Waals surface area contributed by atoms with Gasteiger partial charge in [0.1, 0.15) is 16.2 Å². The topological polar surface area (TPSA) is 171 Å². The lowest BCUT2D eigenvalue weighted by Gasteiger charge is -2.40. The Morgan fingerprint density at radius 3 is 2.26 bits per heavy atom. The molecule has 1 aliphatic carbocycles. The molecule has 0 amide bonds. The van der Waals surface area contributed by atoms with Crippen LogP contribution in [0, 0.1) is 0 Å². The van der Waals surface area contributed by atoms with Crippen molar-refractivity contribution in [2.75, 3.05) is 23.3 Å². The van der Waals surface area contributed by atoms with E-state index in [1.807, 2.05) is 0 Å². The lowest BCUT2D eigenvalue weighted by atomic mass is 9.96. The predicted molar refractivity (Wildman–Crippen MR) is 142 cm³/mol. The molecule has 0 bridgehead atoms. The normalized spacial score (nSPS) is 21.7. The SMILES string of the molecule is O=C(O)c1ccc(NS(=O)(=O)c2cccc(NC3CCCCCCC(Br)C34OCCO4)c2C(=O)O)c(O)c1. The Hall–Kier alpha value is -2.87. The van der Waals surface area contributed by atoms with Crippen molar-refractivity contribution in [2.24, 2.45) is 0 Å². The van der Waals surface area contributed by atoms with Gasteiger partial charge in [0.05, 0.1) is 41.0 Å². The highest BCUT2D eigenvalue weighted by molar-refractivity contribution is 9.09. The largest absolute Gasteiger partial charge is 0.506 e. The average molecular weight is 613 g/mol. The fourth-order valence-corrected chi connectivity index (χ4v) is 7.08. The summed E-state index contributed by atoms with van der Waals surface area (Å²) in [6.07, 6.45) is 5.27. The van der Waals surface area contributed by atoms with Crippen molar-refractivity contribution in [3.63, 3.8) is 0 Å². The third-order valence-electron chi connectivity index (χ3n) is 6.71. The number of alkyl halides is 1. The first-order chi connectivity index (χ1) is 18.0. The minimum Gasteiger partial charge on any atom is -0.506 e. The van der Waals surface area contributed by atoms with Crippen LogP contribution < -0.4 is 10.0 Å². The van der Waals surface area contributed by atoms with Gasteiger partial charge >= 0.3 is 11.9 Å². The van der Waals surface area contributed by atoms with Crippen LogP contribution in [0.1, 0.15) is 59.2 Å². The molecule has 206 valence electrons. The van der Waals surface area contributed by atoms with Crippen LogP contribution in [0.25, 0.3) is 0 Å². The fourth-order valence-electron chi connectivity index (χ4n) is 4.88. The Morgan fingerprint density at radius 1 is 0.947 bits per heavy atom. The van der Waals surface area contributed by atoms with Crippen LogP contribution in [0.4, 0.5) is 11.4 Å². The van der Waals surface area contributed by atoms with Gasteiger partial charge in [-0.15, -0.1) is 0 Å². The maximum Gasteiger partial charge on any atom is 0.339 e. The molecule has 1 saturated heterocycles. The number of carboxylic acid groups (broad SMARTS) is 2. The summed E-state index contributed by atoms with van der Waals surface area (Å²) in [6, 6.07) is 6.68. The van der Waals surface area contributed by atoms with Gasteiger partial charge in [0.2, 0.25) is 5.79 Å². The summed E-state index contributed by atoms with van der Waals surface area (Å²) in [7, 11) is -4.52. The van der Waals surface area contributed by atoms with Crippen LogP contribution in [0.2, 0.25) is 0 Å². The number of phenolic OH excluding ortho intramolecular Hbond substituents is 1. The zero-order valence-electron chi connectivity index (χ0n) is 20.4. The highest BCUT2D eigenvalue weighted by Gasteiger charge is 2.50. The fraction of sp³-hybridized carbons (Fsp3) is 0.440. The molecule has 2 aromatic rings. The van der Waals surface area contributed by atoms with Crippen LogP contribution in [-0.4, -0.2) is 65.5 Å². The van der Waals surface area contributed by atoms with Gasteiger partial charge < -0.3 is 30.1 Å². The first kappa shape index (κ1) is 28.1. The lowest BCUT2D eigenvalue weighted by Crippen LogP contribution is -2.54. The lowest BCUT2D eigenvalue weighted by molar-refractivity contribution is -0.168. The van der Waals surface area contributed by atoms with E-state index in [4.69, 9.17) is 14.6 Å². The van der Waals surface area contributed by atoms with Gasteiger partial charge in [-0.05, 0) is 43.2 Å². The molecule has 1 heterocycles. The molecule has 2 aromatic carbocycles. The third-order valence-corrected chi connectivity index (χ3v) is 9.21. The van der Waals surface area contributed by atoms with Crippen molar-refractivity contribution < 1.29 is 42.8 Å². The van der Waals surface area contributed by atoms with Crippen molar-refractivity contribution in [3.05, 3.63) is 47.5 Å². The van der Waals surface area contributed by atoms with Crippen molar-refractivity contribution >= 4 is 49.3 Å². The Morgan fingerprint density at radius 2 is 1.63 bits per heavy atom. The summed E-state index contributed by atoms with van der Waals surface area (Å²) in [4.78, 5) is 22.8. The van der Waals surface area contributed by atoms with E-state index >= 15 is 0 Å². The number of benzene rings is 2. The zero-order valence-corrected chi connectivity index (χ0v) is 22.8. The number of nitrogens with one attached hydrogen (secondary N) is 2.